The van der Waals surface area contributed by atoms with Crippen LogP contribution in [0.25, 0.3) is 0 Å². The van der Waals surface area contributed by atoms with Gasteiger partial charge in [-0.25, -0.2) is 9.38 Å². The maximum absolute atomic E-state index is 12.7. The number of aliphatic imine (C=N–C) groups is 1. The molecule has 2 N–H and O–H groups in total. The van der Waals surface area contributed by atoms with Crippen molar-refractivity contribution in [1.82, 2.24) is 10.6 Å². The van der Waals surface area contributed by atoms with Gasteiger partial charge in [0, 0.05) is 6.54 Å². The average molecular weight is 361 g/mol. The standard InChI is InChI=1S/C13H16FN3.HI/c1-3-9-16-13(15-4-2)17-10-11-5-7-12(14)8-6-11;/h1,5-8H,4,9-10H2,2H3,(H2,15,16,17);1H. The van der Waals surface area contributed by atoms with Gasteiger partial charge in [-0.05, 0) is 24.6 Å². The minimum atomic E-state index is -0.241. The Balaban J connectivity index is 0.00000289. The number of nitrogens with one attached hydrogen (secondary N) is 2. The van der Waals surface area contributed by atoms with E-state index < -0.39 is 0 Å². The van der Waals surface area contributed by atoms with Crippen LogP contribution in [0.3, 0.4) is 0 Å². The van der Waals surface area contributed by atoms with Gasteiger partial charge in [0.15, 0.2) is 5.96 Å². The third-order valence-corrected chi connectivity index (χ3v) is 2.04. The van der Waals surface area contributed by atoms with E-state index in [1.807, 2.05) is 6.92 Å². The number of terminal acetylenes is 1. The number of hydrogen-bond acceptors (Lipinski definition) is 1. The number of nitrogens with zero attached hydrogens (tertiary/aromatic N) is 1. The molecule has 0 saturated heterocycles. The summed E-state index contributed by atoms with van der Waals surface area (Å²) in [6, 6.07) is 6.27. The summed E-state index contributed by atoms with van der Waals surface area (Å²) >= 11 is 0. The quantitative estimate of drug-likeness (QED) is 0.373. The number of hydrogen-bond donors (Lipinski definition) is 2. The number of benzene rings is 1. The van der Waals surface area contributed by atoms with Crippen molar-refractivity contribution < 1.29 is 4.39 Å². The second kappa shape index (κ2) is 9.71. The molecule has 0 aliphatic carbocycles. The molecule has 0 aromatic heterocycles. The van der Waals surface area contributed by atoms with E-state index >= 15 is 0 Å². The van der Waals surface area contributed by atoms with Crippen LogP contribution in [-0.2, 0) is 6.54 Å². The normalized spacial score (nSPS) is 10.2. The van der Waals surface area contributed by atoms with Gasteiger partial charge in [0.25, 0.3) is 0 Å². The summed E-state index contributed by atoms with van der Waals surface area (Å²) in [5.41, 5.74) is 0.948. The van der Waals surface area contributed by atoms with E-state index in [0.29, 0.717) is 19.0 Å². The van der Waals surface area contributed by atoms with E-state index in [9.17, 15) is 4.39 Å². The predicted molar refractivity (Wildman–Crippen MR) is 83.5 cm³/mol. The molecule has 0 atom stereocenters. The first-order valence-corrected chi connectivity index (χ1v) is 5.46. The van der Waals surface area contributed by atoms with Crippen molar-refractivity contribution in [2.45, 2.75) is 13.5 Å². The summed E-state index contributed by atoms with van der Waals surface area (Å²) in [5.74, 6) is 2.90. The number of guanidine groups is 1. The molecular weight excluding hydrogens is 344 g/mol. The molecule has 18 heavy (non-hydrogen) atoms. The lowest BCUT2D eigenvalue weighted by molar-refractivity contribution is 0.627. The van der Waals surface area contributed by atoms with Crippen LogP contribution in [0.1, 0.15) is 12.5 Å². The summed E-state index contributed by atoms with van der Waals surface area (Å²) in [6.07, 6.45) is 5.16. The maximum Gasteiger partial charge on any atom is 0.192 e. The van der Waals surface area contributed by atoms with Crippen LogP contribution in [-0.4, -0.2) is 19.0 Å². The Morgan fingerprint density at radius 3 is 2.56 bits per heavy atom. The molecule has 0 fully saturated rings. The zero-order valence-corrected chi connectivity index (χ0v) is 12.6. The first-order valence-electron chi connectivity index (χ1n) is 5.46. The monoisotopic (exact) mass is 361 g/mol. The van der Waals surface area contributed by atoms with Crippen LogP contribution in [0, 0.1) is 18.2 Å². The van der Waals surface area contributed by atoms with Crippen molar-refractivity contribution >= 4 is 29.9 Å². The molecule has 5 heteroatoms. The van der Waals surface area contributed by atoms with Crippen LogP contribution in [0.4, 0.5) is 4.39 Å². The van der Waals surface area contributed by atoms with Gasteiger partial charge in [0.05, 0.1) is 13.1 Å². The van der Waals surface area contributed by atoms with E-state index in [0.717, 1.165) is 12.1 Å². The molecule has 0 radical (unpaired) electrons. The average Bonchev–Trinajstić information content (AvgIpc) is 2.35. The highest BCUT2D eigenvalue weighted by Crippen LogP contribution is 2.03. The Labute approximate surface area is 124 Å². The summed E-state index contributed by atoms with van der Waals surface area (Å²) < 4.78 is 12.7. The van der Waals surface area contributed by atoms with E-state index in [-0.39, 0.29) is 29.8 Å². The van der Waals surface area contributed by atoms with Gasteiger partial charge in [-0.1, -0.05) is 18.1 Å². The van der Waals surface area contributed by atoms with E-state index in [1.54, 1.807) is 12.1 Å². The van der Waals surface area contributed by atoms with Gasteiger partial charge in [0.2, 0.25) is 0 Å². The molecule has 0 aliphatic rings. The minimum Gasteiger partial charge on any atom is -0.357 e. The van der Waals surface area contributed by atoms with Crippen molar-refractivity contribution in [3.05, 3.63) is 35.6 Å². The van der Waals surface area contributed by atoms with Gasteiger partial charge in [-0.3, -0.25) is 0 Å². The highest BCUT2D eigenvalue weighted by Gasteiger charge is 1.96. The molecule has 0 spiro atoms. The summed E-state index contributed by atoms with van der Waals surface area (Å²) in [6.45, 7) is 3.65. The first-order chi connectivity index (χ1) is 8.26. The third-order valence-electron chi connectivity index (χ3n) is 2.04. The highest BCUT2D eigenvalue weighted by atomic mass is 127. The van der Waals surface area contributed by atoms with Crippen molar-refractivity contribution in [2.75, 3.05) is 13.1 Å². The fourth-order valence-electron chi connectivity index (χ4n) is 1.24. The Morgan fingerprint density at radius 2 is 2.00 bits per heavy atom. The molecule has 0 bridgehead atoms. The van der Waals surface area contributed by atoms with Crippen LogP contribution in [0.5, 0.6) is 0 Å². The lowest BCUT2D eigenvalue weighted by Gasteiger charge is -2.08. The molecule has 1 rings (SSSR count). The van der Waals surface area contributed by atoms with E-state index in [1.165, 1.54) is 12.1 Å². The zero-order chi connectivity index (χ0) is 12.5. The molecule has 0 aliphatic heterocycles. The van der Waals surface area contributed by atoms with Gasteiger partial charge in [-0.15, -0.1) is 30.4 Å². The fourth-order valence-corrected chi connectivity index (χ4v) is 1.24. The largest absolute Gasteiger partial charge is 0.357 e. The molecule has 0 heterocycles. The Kier molecular flexibility index (Phi) is 9.01. The van der Waals surface area contributed by atoms with E-state index in [2.05, 4.69) is 21.5 Å². The van der Waals surface area contributed by atoms with Crippen LogP contribution >= 0.6 is 24.0 Å². The van der Waals surface area contributed by atoms with E-state index in [4.69, 9.17) is 6.42 Å². The van der Waals surface area contributed by atoms with Crippen molar-refractivity contribution in [1.29, 1.82) is 0 Å². The summed E-state index contributed by atoms with van der Waals surface area (Å²) in [4.78, 5) is 4.33. The predicted octanol–water partition coefficient (Wildman–Crippen LogP) is 2.13. The van der Waals surface area contributed by atoms with Crippen molar-refractivity contribution in [2.24, 2.45) is 4.99 Å². The molecular formula is C13H17FIN3. The molecule has 0 saturated carbocycles. The molecule has 98 valence electrons. The van der Waals surface area contributed by atoms with Gasteiger partial charge in [-0.2, -0.15) is 0 Å². The van der Waals surface area contributed by atoms with Gasteiger partial charge in [0.1, 0.15) is 5.82 Å². The molecule has 1 aromatic rings. The second-order valence-corrected chi connectivity index (χ2v) is 3.38. The van der Waals surface area contributed by atoms with Crippen molar-refractivity contribution in [3.8, 4) is 12.3 Å². The second-order valence-electron chi connectivity index (χ2n) is 3.38. The Bertz CT molecular complexity index is 409. The summed E-state index contributed by atoms with van der Waals surface area (Å²) in [7, 11) is 0. The Morgan fingerprint density at radius 1 is 1.33 bits per heavy atom. The fraction of sp³-hybridized carbons (Fsp3) is 0.308. The molecule has 3 nitrogen and oxygen atoms in total. The van der Waals surface area contributed by atoms with Crippen LogP contribution in [0.15, 0.2) is 29.3 Å². The molecule has 1 aromatic carbocycles. The third kappa shape index (κ3) is 6.45. The lowest BCUT2D eigenvalue weighted by atomic mass is 10.2. The first kappa shape index (κ1) is 16.7. The number of halogens is 2. The van der Waals surface area contributed by atoms with Gasteiger partial charge < -0.3 is 10.6 Å². The van der Waals surface area contributed by atoms with Crippen LogP contribution < -0.4 is 10.6 Å². The SMILES string of the molecule is C#CCNC(=NCc1ccc(F)cc1)NCC.I. The van der Waals surface area contributed by atoms with Crippen LogP contribution in [0.2, 0.25) is 0 Å². The number of rotatable bonds is 4. The molecule has 0 amide bonds. The minimum absolute atomic E-state index is 0. The molecule has 0 unspecified atom stereocenters. The zero-order valence-electron chi connectivity index (χ0n) is 10.2. The van der Waals surface area contributed by atoms with Crippen molar-refractivity contribution in [3.63, 3.8) is 0 Å². The maximum atomic E-state index is 12.7. The topological polar surface area (TPSA) is 36.4 Å². The smallest absolute Gasteiger partial charge is 0.192 e. The van der Waals surface area contributed by atoms with Gasteiger partial charge >= 0.3 is 0 Å². The lowest BCUT2D eigenvalue weighted by Crippen LogP contribution is -2.37. The highest BCUT2D eigenvalue weighted by molar-refractivity contribution is 14.0. The summed E-state index contributed by atoms with van der Waals surface area (Å²) in [5, 5.41) is 6.05. The Hall–Kier alpha value is -1.29.